The second kappa shape index (κ2) is 6.48. The van der Waals surface area contributed by atoms with Crippen LogP contribution in [0.1, 0.15) is 10.4 Å². The van der Waals surface area contributed by atoms with E-state index >= 15 is 0 Å². The molecule has 1 aromatic rings. The maximum atomic E-state index is 11.2. The molecule has 0 radical (unpaired) electrons. The van der Waals surface area contributed by atoms with E-state index in [4.69, 9.17) is 10.8 Å². The van der Waals surface area contributed by atoms with Crippen LogP contribution in [0.5, 0.6) is 0 Å². The Balaban J connectivity index is 2.48. The van der Waals surface area contributed by atoms with Gasteiger partial charge in [-0.05, 0) is 18.2 Å². The number of benzene rings is 1. The van der Waals surface area contributed by atoms with Crippen LogP contribution in [0.4, 0.5) is 16.2 Å². The Hall–Kier alpha value is -2.44. The van der Waals surface area contributed by atoms with E-state index in [2.05, 4.69) is 10.6 Å². The fourth-order valence-corrected chi connectivity index (χ4v) is 1.39. The zero-order chi connectivity index (χ0) is 14.4. The smallest absolute Gasteiger partial charge is 0.337 e. The lowest BCUT2D eigenvalue weighted by Gasteiger charge is -2.13. The van der Waals surface area contributed by atoms with E-state index in [1.165, 1.54) is 17.0 Å². The van der Waals surface area contributed by atoms with E-state index in [0.717, 1.165) is 0 Å². The van der Waals surface area contributed by atoms with E-state index in [0.29, 0.717) is 18.8 Å². The predicted molar refractivity (Wildman–Crippen MR) is 73.4 cm³/mol. The highest BCUT2D eigenvalue weighted by atomic mass is 16.4. The molecule has 0 spiro atoms. The van der Waals surface area contributed by atoms with Crippen LogP contribution in [-0.2, 0) is 0 Å². The summed E-state index contributed by atoms with van der Waals surface area (Å²) in [5.74, 6) is -1.07. The van der Waals surface area contributed by atoms with Crippen molar-refractivity contribution in [2.24, 2.45) is 0 Å². The lowest BCUT2D eigenvalue weighted by atomic mass is 10.1. The highest BCUT2D eigenvalue weighted by Gasteiger charge is 2.08. The molecule has 1 aromatic carbocycles. The van der Waals surface area contributed by atoms with Gasteiger partial charge in [0.05, 0.1) is 5.56 Å². The van der Waals surface area contributed by atoms with Gasteiger partial charge in [0.2, 0.25) is 0 Å². The zero-order valence-corrected chi connectivity index (χ0v) is 10.9. The highest BCUT2D eigenvalue weighted by Crippen LogP contribution is 2.17. The molecular weight excluding hydrogens is 248 g/mol. The van der Waals surface area contributed by atoms with Crippen molar-refractivity contribution in [2.75, 3.05) is 38.2 Å². The fourth-order valence-electron chi connectivity index (χ4n) is 1.39. The number of aromatic carboxylic acids is 1. The van der Waals surface area contributed by atoms with E-state index in [-0.39, 0.29) is 17.3 Å². The lowest BCUT2D eigenvalue weighted by molar-refractivity contribution is 0.0698. The molecule has 19 heavy (non-hydrogen) atoms. The van der Waals surface area contributed by atoms with E-state index in [1.54, 1.807) is 20.2 Å². The molecule has 0 aromatic heterocycles. The number of urea groups is 1. The molecule has 1 rings (SSSR count). The van der Waals surface area contributed by atoms with Gasteiger partial charge in [-0.3, -0.25) is 0 Å². The largest absolute Gasteiger partial charge is 0.478 e. The van der Waals surface area contributed by atoms with Gasteiger partial charge in [0, 0.05) is 38.6 Å². The number of nitrogens with zero attached hydrogens (tertiary/aromatic N) is 1. The molecule has 0 aliphatic carbocycles. The van der Waals surface area contributed by atoms with Crippen LogP contribution < -0.4 is 16.4 Å². The zero-order valence-electron chi connectivity index (χ0n) is 10.9. The summed E-state index contributed by atoms with van der Waals surface area (Å²) >= 11 is 0. The Bertz CT molecular complexity index is 474. The third kappa shape index (κ3) is 4.38. The van der Waals surface area contributed by atoms with Crippen LogP contribution in [0.2, 0.25) is 0 Å². The predicted octanol–water partition coefficient (Wildman–Crippen LogP) is 0.650. The third-order valence-corrected chi connectivity index (χ3v) is 2.42. The minimum atomic E-state index is -1.07. The molecule has 0 heterocycles. The molecule has 0 aliphatic heterocycles. The van der Waals surface area contributed by atoms with Gasteiger partial charge in [0.1, 0.15) is 0 Å². The third-order valence-electron chi connectivity index (χ3n) is 2.42. The summed E-state index contributed by atoms with van der Waals surface area (Å²) in [5, 5.41) is 14.6. The first kappa shape index (κ1) is 14.6. The average Bonchev–Trinajstić information content (AvgIpc) is 2.35. The van der Waals surface area contributed by atoms with Crippen LogP contribution in [0.3, 0.4) is 0 Å². The maximum Gasteiger partial charge on any atom is 0.337 e. The van der Waals surface area contributed by atoms with Gasteiger partial charge in [0.25, 0.3) is 0 Å². The summed E-state index contributed by atoms with van der Waals surface area (Å²) in [7, 11) is 3.31. The number of hydrogen-bond acceptors (Lipinski definition) is 4. The van der Waals surface area contributed by atoms with Crippen molar-refractivity contribution in [3.8, 4) is 0 Å². The minimum Gasteiger partial charge on any atom is -0.478 e. The molecule has 0 saturated heterocycles. The quantitative estimate of drug-likeness (QED) is 0.462. The summed E-state index contributed by atoms with van der Waals surface area (Å²) < 4.78 is 0. The van der Waals surface area contributed by atoms with E-state index in [1.807, 2.05) is 0 Å². The molecule has 0 atom stereocenters. The topological polar surface area (TPSA) is 108 Å². The van der Waals surface area contributed by atoms with Crippen molar-refractivity contribution in [3.63, 3.8) is 0 Å². The van der Waals surface area contributed by atoms with Gasteiger partial charge in [-0.2, -0.15) is 0 Å². The number of amides is 2. The Morgan fingerprint density at radius 2 is 2.00 bits per heavy atom. The molecule has 104 valence electrons. The van der Waals surface area contributed by atoms with E-state index in [9.17, 15) is 9.59 Å². The first-order valence-corrected chi connectivity index (χ1v) is 5.73. The SMILES string of the molecule is CN(C)C(=O)NCCNc1ccc(N)c(C(=O)O)c1. The van der Waals surface area contributed by atoms with Gasteiger partial charge in [-0.25, -0.2) is 9.59 Å². The number of rotatable bonds is 5. The molecule has 0 bridgehead atoms. The molecule has 0 fully saturated rings. The molecule has 2 amide bonds. The van der Waals surface area contributed by atoms with E-state index < -0.39 is 5.97 Å². The number of carboxylic acid groups (broad SMARTS) is 1. The van der Waals surface area contributed by atoms with Gasteiger partial charge in [-0.1, -0.05) is 0 Å². The molecule has 7 heteroatoms. The van der Waals surface area contributed by atoms with Crippen molar-refractivity contribution in [1.29, 1.82) is 0 Å². The van der Waals surface area contributed by atoms with Crippen molar-refractivity contribution < 1.29 is 14.7 Å². The number of nitrogens with one attached hydrogen (secondary N) is 2. The minimum absolute atomic E-state index is 0.0577. The number of carboxylic acids is 1. The number of carbonyl (C=O) groups excluding carboxylic acids is 1. The molecule has 7 nitrogen and oxygen atoms in total. The first-order chi connectivity index (χ1) is 8.91. The second-order valence-corrected chi connectivity index (χ2v) is 4.16. The Labute approximate surface area is 111 Å². The fraction of sp³-hybridized carbons (Fsp3) is 0.333. The molecule has 5 N–H and O–H groups in total. The standard InChI is InChI=1S/C12H18N4O3/c1-16(2)12(19)15-6-5-14-8-3-4-10(13)9(7-8)11(17)18/h3-4,7,14H,5-6,13H2,1-2H3,(H,15,19)(H,17,18). The lowest BCUT2D eigenvalue weighted by Crippen LogP contribution is -2.37. The summed E-state index contributed by atoms with van der Waals surface area (Å²) in [6.07, 6.45) is 0. The molecular formula is C12H18N4O3. The number of nitrogen functional groups attached to an aromatic ring is 1. The summed E-state index contributed by atoms with van der Waals surface area (Å²) in [4.78, 5) is 23.6. The number of hydrogen-bond donors (Lipinski definition) is 4. The monoisotopic (exact) mass is 266 g/mol. The Morgan fingerprint density at radius 1 is 1.32 bits per heavy atom. The van der Waals surface area contributed by atoms with Crippen molar-refractivity contribution >= 4 is 23.4 Å². The number of anilines is 2. The highest BCUT2D eigenvalue weighted by molar-refractivity contribution is 5.94. The van der Waals surface area contributed by atoms with Gasteiger partial charge >= 0.3 is 12.0 Å². The van der Waals surface area contributed by atoms with Gasteiger partial charge in [-0.15, -0.1) is 0 Å². The first-order valence-electron chi connectivity index (χ1n) is 5.73. The average molecular weight is 266 g/mol. The summed E-state index contributed by atoms with van der Waals surface area (Å²) in [6.45, 7) is 0.923. The van der Waals surface area contributed by atoms with Crippen molar-refractivity contribution in [1.82, 2.24) is 10.2 Å². The number of nitrogens with two attached hydrogens (primary N) is 1. The van der Waals surface area contributed by atoms with Gasteiger partial charge < -0.3 is 26.4 Å². The Kier molecular flexibility index (Phi) is 4.99. The van der Waals surface area contributed by atoms with Crippen LogP contribution in [0.15, 0.2) is 18.2 Å². The summed E-state index contributed by atoms with van der Waals surface area (Å²) in [6, 6.07) is 4.51. The van der Waals surface area contributed by atoms with Crippen molar-refractivity contribution in [2.45, 2.75) is 0 Å². The maximum absolute atomic E-state index is 11.2. The van der Waals surface area contributed by atoms with Crippen LogP contribution in [0.25, 0.3) is 0 Å². The summed E-state index contributed by atoms with van der Waals surface area (Å²) in [5.41, 5.74) is 6.47. The normalized spacial score (nSPS) is 9.79. The number of carbonyl (C=O) groups is 2. The van der Waals surface area contributed by atoms with Crippen LogP contribution >= 0.6 is 0 Å². The molecule has 0 aliphatic rings. The second-order valence-electron chi connectivity index (χ2n) is 4.16. The van der Waals surface area contributed by atoms with Crippen LogP contribution in [0, 0.1) is 0 Å². The Morgan fingerprint density at radius 3 is 2.58 bits per heavy atom. The van der Waals surface area contributed by atoms with Crippen LogP contribution in [-0.4, -0.2) is 49.2 Å². The molecule has 0 saturated carbocycles. The van der Waals surface area contributed by atoms with Gasteiger partial charge in [0.15, 0.2) is 0 Å². The van der Waals surface area contributed by atoms with Crippen molar-refractivity contribution in [3.05, 3.63) is 23.8 Å². The molecule has 0 unspecified atom stereocenters.